The van der Waals surface area contributed by atoms with Crippen LogP contribution >= 0.6 is 57.9 Å². The molecule has 0 aliphatic carbocycles. The second-order valence-corrected chi connectivity index (χ2v) is 15.7. The molecule has 326 valence electrons. The van der Waals surface area contributed by atoms with Gasteiger partial charge in [-0.25, -0.2) is 33.0 Å². The van der Waals surface area contributed by atoms with Crippen LogP contribution in [0.5, 0.6) is 23.1 Å². The number of benzene rings is 3. The number of ether oxygens (including phenoxy) is 4. The van der Waals surface area contributed by atoms with Gasteiger partial charge in [-0.1, -0.05) is 34.8 Å². The predicted octanol–water partition coefficient (Wildman–Crippen LogP) is 8.67. The summed E-state index contributed by atoms with van der Waals surface area (Å²) in [7, 11) is 1.30. The van der Waals surface area contributed by atoms with Gasteiger partial charge >= 0.3 is 22.8 Å². The van der Waals surface area contributed by atoms with Crippen molar-refractivity contribution < 1.29 is 52.3 Å². The van der Waals surface area contributed by atoms with E-state index in [0.717, 1.165) is 53.5 Å². The molecular formula is C40H34Cl3F2N5O10S2. The number of nitrogens with zero attached hydrogens (tertiary/aromatic N) is 5. The average Bonchev–Trinajstić information content (AvgIpc) is 3.57. The number of aliphatic carboxylic acids is 2. The van der Waals surface area contributed by atoms with Gasteiger partial charge in [0.25, 0.3) is 5.88 Å². The number of fused-ring (bicyclic) bond motifs is 2. The van der Waals surface area contributed by atoms with E-state index in [0.29, 0.717) is 50.6 Å². The van der Waals surface area contributed by atoms with Crippen molar-refractivity contribution in [2.24, 2.45) is 4.99 Å². The molecule has 2 N–H and O–H groups in total. The summed E-state index contributed by atoms with van der Waals surface area (Å²) in [6.07, 6.45) is 3.80. The smallest absolute Gasteiger partial charge is 0.344 e. The van der Waals surface area contributed by atoms with Gasteiger partial charge in [0.2, 0.25) is 4.80 Å². The molecule has 62 heavy (non-hydrogen) atoms. The molecule has 0 bridgehead atoms. The summed E-state index contributed by atoms with van der Waals surface area (Å²) in [5, 5.41) is 18.9. The van der Waals surface area contributed by atoms with Gasteiger partial charge in [-0.15, -0.1) is 11.8 Å². The molecule has 0 amide bonds. The van der Waals surface area contributed by atoms with Crippen molar-refractivity contribution in [1.82, 2.24) is 19.3 Å². The molecule has 22 heteroatoms. The number of pyridine rings is 2. The van der Waals surface area contributed by atoms with Crippen molar-refractivity contribution in [3.63, 3.8) is 0 Å². The number of carboxylic acids is 2. The van der Waals surface area contributed by atoms with Crippen molar-refractivity contribution in [2.75, 3.05) is 19.5 Å². The number of rotatable bonds is 12. The van der Waals surface area contributed by atoms with Gasteiger partial charge in [0.05, 0.1) is 27.9 Å². The Hall–Kier alpha value is -5.73. The minimum absolute atomic E-state index is 0.0605. The molecule has 0 radical (unpaired) electrons. The Kier molecular flexibility index (Phi) is 17.1. The number of methoxy groups -OCH3 is 1. The van der Waals surface area contributed by atoms with Crippen LogP contribution in [0.1, 0.15) is 19.8 Å². The number of aromatic nitrogens is 4. The van der Waals surface area contributed by atoms with E-state index < -0.39 is 42.3 Å². The second kappa shape index (κ2) is 22.4. The van der Waals surface area contributed by atoms with E-state index in [1.165, 1.54) is 50.6 Å². The molecule has 0 fully saturated rings. The van der Waals surface area contributed by atoms with Crippen LogP contribution in [0.15, 0.2) is 93.8 Å². The van der Waals surface area contributed by atoms with E-state index in [2.05, 4.69) is 19.7 Å². The van der Waals surface area contributed by atoms with Crippen LogP contribution in [0.25, 0.3) is 10.9 Å². The number of thioether (sulfide) groups is 1. The van der Waals surface area contributed by atoms with Crippen molar-refractivity contribution >= 4 is 92.4 Å². The van der Waals surface area contributed by atoms with Crippen LogP contribution in [-0.4, -0.2) is 73.0 Å². The van der Waals surface area contributed by atoms with Gasteiger partial charge in [-0.05, 0) is 97.8 Å². The van der Waals surface area contributed by atoms with Gasteiger partial charge in [0, 0.05) is 35.8 Å². The number of carbonyl (C=O) groups excluding carboxylic acids is 1. The predicted molar refractivity (Wildman–Crippen MR) is 229 cm³/mol. The highest BCUT2D eigenvalue weighted by Gasteiger charge is 2.16. The normalized spacial score (nSPS) is 12.5. The highest BCUT2D eigenvalue weighted by molar-refractivity contribution is 8.00. The van der Waals surface area contributed by atoms with Crippen LogP contribution in [0.3, 0.4) is 0 Å². The van der Waals surface area contributed by atoms with Gasteiger partial charge in [0.1, 0.15) is 34.3 Å². The Morgan fingerprint density at radius 1 is 0.935 bits per heavy atom. The minimum Gasteiger partial charge on any atom is -0.480 e. The number of carbonyl (C=O) groups is 3. The zero-order valence-electron chi connectivity index (χ0n) is 32.4. The molecule has 0 unspecified atom stereocenters. The first kappa shape index (κ1) is 47.3. The lowest BCUT2D eigenvalue weighted by molar-refractivity contribution is -0.144. The fourth-order valence-corrected chi connectivity index (χ4v) is 7.58. The maximum Gasteiger partial charge on any atom is 0.344 e. The third kappa shape index (κ3) is 13.1. The molecule has 0 saturated carbocycles. The third-order valence-corrected chi connectivity index (χ3v) is 11.0. The molecule has 6 aromatic rings. The second-order valence-electron chi connectivity index (χ2n) is 12.6. The molecule has 1 aliphatic rings. The van der Waals surface area contributed by atoms with E-state index in [1.807, 2.05) is 0 Å². The van der Waals surface area contributed by atoms with Crippen molar-refractivity contribution in [3.05, 3.63) is 120 Å². The average molecular weight is 953 g/mol. The SMILES string of the molecule is COC(=O)CSc1cc(/N=c2\sc(=O)n3n2CCCC3)c(F)cc1Cl.C[C@@H](Oc1ccc(Oc2ncc(Cl)cc2F)cc1)C(=O)O.O=C(O)COc1ccc(Cl)c2cccnc12. The molecular weight excluding hydrogens is 919 g/mol. The number of hydrogen-bond donors (Lipinski definition) is 2. The first-order valence-corrected chi connectivity index (χ1v) is 21.0. The standard InChI is InChI=1S/C15H15ClFN3O3S2.C14H11ClFNO4.C11H8ClNO3/c1-23-13(21)8-24-12-7-11(10(17)6-9(12)16)18-14-19-4-2-3-5-20(19)15(22)25-14;1-8(14(18)19)20-10-2-4-11(5-3-10)21-13-12(16)6-9(15)7-17-13;12-8-3-4-9(16-6-10(14)15)11-7(8)2-1-5-13-11/h6-7H,2-5,8H2,1H3;2-8H,1H3,(H,18,19);1-5H,6H2,(H,14,15)/b18-14-;;/t;8-;/m.1./s1. The summed E-state index contributed by atoms with van der Waals surface area (Å²) in [5.41, 5.74) is 0.649. The topological polar surface area (TPSA) is 194 Å². The lowest BCUT2D eigenvalue weighted by Crippen LogP contribution is -2.31. The minimum atomic E-state index is -1.07. The molecule has 3 aromatic carbocycles. The number of carboxylic acid groups (broad SMARTS) is 2. The number of hydrogen-bond acceptors (Lipinski definition) is 13. The Morgan fingerprint density at radius 2 is 1.65 bits per heavy atom. The largest absolute Gasteiger partial charge is 0.480 e. The Bertz CT molecular complexity index is 2700. The lowest BCUT2D eigenvalue weighted by atomic mass is 10.2. The van der Waals surface area contributed by atoms with E-state index in [1.54, 1.807) is 39.8 Å². The Balaban J connectivity index is 0.000000180. The van der Waals surface area contributed by atoms with E-state index >= 15 is 0 Å². The summed E-state index contributed by atoms with van der Waals surface area (Å²) in [5.74, 6) is -2.78. The first-order valence-electron chi connectivity index (χ1n) is 18.0. The highest BCUT2D eigenvalue weighted by Crippen LogP contribution is 2.34. The number of halogens is 5. The maximum atomic E-state index is 14.3. The van der Waals surface area contributed by atoms with Crippen LogP contribution in [0.2, 0.25) is 15.1 Å². The quantitative estimate of drug-likeness (QED) is 0.0875. The van der Waals surface area contributed by atoms with E-state index in [-0.39, 0.29) is 32.2 Å². The van der Waals surface area contributed by atoms with Crippen LogP contribution < -0.4 is 23.9 Å². The summed E-state index contributed by atoms with van der Waals surface area (Å²) < 4.78 is 51.3. The van der Waals surface area contributed by atoms with Gasteiger partial charge in [-0.3, -0.25) is 19.3 Å². The Labute approximate surface area is 374 Å². The monoisotopic (exact) mass is 951 g/mol. The van der Waals surface area contributed by atoms with Crippen LogP contribution in [0, 0.1) is 11.6 Å². The zero-order chi connectivity index (χ0) is 44.9. The molecule has 0 saturated heterocycles. The Morgan fingerprint density at radius 3 is 2.32 bits per heavy atom. The van der Waals surface area contributed by atoms with E-state index in [9.17, 15) is 28.0 Å². The summed E-state index contributed by atoms with van der Waals surface area (Å²) >= 11 is 19.7. The number of esters is 1. The zero-order valence-corrected chi connectivity index (χ0v) is 36.3. The third-order valence-electron chi connectivity index (χ3n) is 8.19. The maximum absolute atomic E-state index is 14.3. The lowest BCUT2D eigenvalue weighted by Gasteiger charge is -2.15. The molecule has 7 rings (SSSR count). The summed E-state index contributed by atoms with van der Waals surface area (Å²) in [6, 6.07) is 16.6. The van der Waals surface area contributed by atoms with E-state index in [4.69, 9.17) is 59.2 Å². The molecule has 3 aromatic heterocycles. The molecule has 1 atom stereocenters. The van der Waals surface area contributed by atoms with Crippen LogP contribution in [0.4, 0.5) is 14.5 Å². The van der Waals surface area contributed by atoms with Crippen LogP contribution in [-0.2, 0) is 32.2 Å². The van der Waals surface area contributed by atoms with Crippen molar-refractivity contribution in [2.45, 2.75) is 43.9 Å². The summed E-state index contributed by atoms with van der Waals surface area (Å²) in [4.78, 5) is 57.4. The van der Waals surface area contributed by atoms with Crippen molar-refractivity contribution in [3.8, 4) is 23.1 Å². The highest BCUT2D eigenvalue weighted by atomic mass is 35.5. The molecule has 15 nitrogen and oxygen atoms in total. The molecule has 4 heterocycles. The first-order chi connectivity index (χ1) is 29.6. The van der Waals surface area contributed by atoms with Gasteiger partial charge in [0.15, 0.2) is 18.5 Å². The van der Waals surface area contributed by atoms with Crippen molar-refractivity contribution in [1.29, 1.82) is 0 Å². The fraction of sp³-hybridized carbons (Fsp3) is 0.225. The van der Waals surface area contributed by atoms with Gasteiger partial charge < -0.3 is 29.2 Å². The fourth-order valence-electron chi connectivity index (χ4n) is 5.23. The summed E-state index contributed by atoms with van der Waals surface area (Å²) in [6.45, 7) is 2.35. The van der Waals surface area contributed by atoms with Gasteiger partial charge in [-0.2, -0.15) is 0 Å². The molecule has 0 spiro atoms. The molecule has 1 aliphatic heterocycles.